The zero-order chi connectivity index (χ0) is 55.9. The Balaban J connectivity index is 1.60. The summed E-state index contributed by atoms with van der Waals surface area (Å²) in [4.78, 5) is 117. The molecule has 2 unspecified atom stereocenters. The van der Waals surface area contributed by atoms with Crippen molar-refractivity contribution in [2.24, 2.45) is 5.73 Å². The molecule has 1 aliphatic rings. The van der Waals surface area contributed by atoms with E-state index in [1.165, 1.54) is 13.8 Å². The fourth-order valence-electron chi connectivity index (χ4n) is 8.27. The number of benzene rings is 3. The summed E-state index contributed by atoms with van der Waals surface area (Å²) in [6.07, 6.45) is 4.95. The van der Waals surface area contributed by atoms with Crippen molar-refractivity contribution in [2.45, 2.75) is 126 Å². The van der Waals surface area contributed by atoms with Crippen LogP contribution in [0, 0.1) is 12.3 Å². The van der Waals surface area contributed by atoms with Crippen LogP contribution >= 0.6 is 21.6 Å². The fraction of sp³-hybridized carbons (Fsp3) is 0.444. The molecule has 3 aromatic carbocycles. The molecule has 0 radical (unpaired) electrons. The zero-order valence-electron chi connectivity index (χ0n) is 43.0. The highest BCUT2D eigenvalue weighted by Crippen LogP contribution is 2.24. The minimum Gasteiger partial charge on any atom is -0.394 e. The normalized spacial score (nSPS) is 21.8. The quantitative estimate of drug-likeness (QED) is 0.0309. The highest BCUT2D eigenvalue weighted by molar-refractivity contribution is 8.76. The number of fused-ring (bicyclic) bond motifs is 1. The van der Waals surface area contributed by atoms with Crippen LogP contribution in [0.4, 0.5) is 0 Å². The topological polar surface area (TPSA) is 335 Å². The molecule has 21 nitrogen and oxygen atoms in total. The number of hydrogen-bond acceptors (Lipinski definition) is 14. The average Bonchev–Trinajstić information content (AvgIpc) is 3.82. The van der Waals surface area contributed by atoms with Gasteiger partial charge >= 0.3 is 0 Å². The molecule has 10 atom stereocenters. The molecule has 4 aromatic rings. The first-order valence-corrected chi connectivity index (χ1v) is 27.9. The number of para-hydroxylation sites is 1. The summed E-state index contributed by atoms with van der Waals surface area (Å²) in [5.41, 5.74) is 8.49. The maximum Gasteiger partial charge on any atom is 0.245 e. The minimum atomic E-state index is -1.69. The second kappa shape index (κ2) is 31.3. The molecule has 0 aliphatic carbocycles. The molecule has 5 rings (SSSR count). The van der Waals surface area contributed by atoms with Crippen LogP contribution in [0.2, 0.25) is 0 Å². The van der Waals surface area contributed by atoms with Gasteiger partial charge in [0.2, 0.25) is 47.3 Å². The number of aromatic nitrogens is 1. The van der Waals surface area contributed by atoms with Crippen molar-refractivity contribution < 1.29 is 53.7 Å². The van der Waals surface area contributed by atoms with Crippen molar-refractivity contribution in [2.75, 3.05) is 24.7 Å². The molecular weight excluding hydrogens is 1030 g/mol. The van der Waals surface area contributed by atoms with E-state index in [0.717, 1.165) is 32.5 Å². The maximum atomic E-state index is 14.9. The molecule has 1 aliphatic heterocycles. The average molecular weight is 1100 g/mol. The maximum absolute atomic E-state index is 14.9. The molecule has 77 heavy (non-hydrogen) atoms. The predicted octanol–water partition coefficient (Wildman–Crippen LogP) is -0.234. The number of aliphatic hydroxyl groups excluding tert-OH is 3. The van der Waals surface area contributed by atoms with Crippen molar-refractivity contribution in [1.82, 2.24) is 47.5 Å². The van der Waals surface area contributed by atoms with Crippen molar-refractivity contribution in [3.63, 3.8) is 0 Å². The molecule has 0 spiro atoms. The number of nitrogens with two attached hydrogens (primary N) is 1. The van der Waals surface area contributed by atoms with Gasteiger partial charge in [0.25, 0.3) is 0 Å². The van der Waals surface area contributed by atoms with Crippen LogP contribution in [-0.4, -0.2) is 153 Å². The molecule has 0 saturated carbocycles. The van der Waals surface area contributed by atoms with Crippen LogP contribution in [0.3, 0.4) is 0 Å². The smallest absolute Gasteiger partial charge is 0.245 e. The number of aliphatic hydroxyl groups is 3. The molecule has 14 N–H and O–H groups in total. The number of amides is 8. The monoisotopic (exact) mass is 1100 g/mol. The Kier molecular flexibility index (Phi) is 24.8. The highest BCUT2D eigenvalue weighted by atomic mass is 33.1. The number of carbonyl (C=O) groups is 8. The molecule has 8 amide bonds. The van der Waals surface area contributed by atoms with Crippen LogP contribution < -0.4 is 48.3 Å². The van der Waals surface area contributed by atoms with Gasteiger partial charge in [-0.25, -0.2) is 0 Å². The third-order valence-corrected chi connectivity index (χ3v) is 15.1. The van der Waals surface area contributed by atoms with Gasteiger partial charge in [-0.05, 0) is 62.4 Å². The number of unbranched alkanes of at least 4 members (excludes halogenated alkanes) is 1. The van der Waals surface area contributed by atoms with Crippen LogP contribution in [0.5, 0.6) is 0 Å². The molecule has 1 saturated heterocycles. The largest absolute Gasteiger partial charge is 0.394 e. The van der Waals surface area contributed by atoms with E-state index in [4.69, 9.17) is 12.2 Å². The zero-order valence-corrected chi connectivity index (χ0v) is 44.6. The lowest BCUT2D eigenvalue weighted by Gasteiger charge is -2.29. The van der Waals surface area contributed by atoms with Gasteiger partial charge in [-0.1, -0.05) is 100 Å². The van der Waals surface area contributed by atoms with Gasteiger partial charge in [-0.15, -0.1) is 12.3 Å². The van der Waals surface area contributed by atoms with Crippen molar-refractivity contribution in [3.05, 3.63) is 108 Å². The van der Waals surface area contributed by atoms with Crippen molar-refractivity contribution >= 4 is 79.7 Å². The Bertz CT molecular complexity index is 2650. The van der Waals surface area contributed by atoms with Gasteiger partial charge in [0, 0.05) is 60.7 Å². The Morgan fingerprint density at radius 2 is 1.35 bits per heavy atom. The van der Waals surface area contributed by atoms with E-state index >= 15 is 0 Å². The third kappa shape index (κ3) is 19.2. The number of aromatic amines is 1. The lowest BCUT2D eigenvalue weighted by molar-refractivity contribution is -0.136. The Morgan fingerprint density at radius 1 is 0.740 bits per heavy atom. The van der Waals surface area contributed by atoms with Crippen molar-refractivity contribution in [1.29, 1.82) is 0 Å². The van der Waals surface area contributed by atoms with Gasteiger partial charge in [0.1, 0.15) is 42.3 Å². The Labute approximate surface area is 455 Å². The Morgan fingerprint density at radius 3 is 2.00 bits per heavy atom. The first kappa shape index (κ1) is 60.9. The SMILES string of the molecule is C#CCCC(=O)N[C@H](Cc1ccccc1)C(=O)N[C@H]1CSSCC(C(=O)N[C@H](CO)[C@@H](C)O)NC(=O)C([C@@H](C)O)NC(=O)[C@H](CCCCN)NC(=O)[C@@H](Cc2c[nH]c3ccccc23)NC(=O)[C@H](Cc2ccccc2)NC1=O. The molecule has 1 fully saturated rings. The van der Waals surface area contributed by atoms with Gasteiger partial charge in [0.15, 0.2) is 0 Å². The molecule has 2 heterocycles. The van der Waals surface area contributed by atoms with Gasteiger partial charge in [0.05, 0.1) is 24.9 Å². The predicted molar refractivity (Wildman–Crippen MR) is 294 cm³/mol. The standard InChI is InChI=1S/C54H70N10O11S2/c1-4-5-23-46(68)57-40(25-34-16-8-6-9-17-34)49(70)62-44-30-76-77-31-45(53(74)61-43(29-65)32(2)66)63-54(75)47(33(3)67)64-48(69)39(22-14-15-24-55)58-51(72)42(27-36-28-56-38-21-13-12-20-37(36)38)60-50(71)41(59-52(44)73)26-35-18-10-7-11-19-35/h1,6-13,16-21,28,32-33,39-45,47,56,65-67H,5,14-15,22-27,29-31,55H2,2-3H3,(H,57,68)(H,58,72)(H,59,73)(H,60,71)(H,61,74)(H,62,70)(H,63,75)(H,64,69)/t32-,33-,39+,40-,41+,42-,43-,44+,45?,47?/m1/s1. The third-order valence-electron chi connectivity index (χ3n) is 12.6. The second-order valence-corrected chi connectivity index (χ2v) is 21.2. The molecular formula is C54H70N10O11S2. The number of rotatable bonds is 20. The van der Waals surface area contributed by atoms with Crippen LogP contribution in [0.1, 0.15) is 62.6 Å². The van der Waals surface area contributed by atoms with Gasteiger partial charge in [-0.2, -0.15) is 0 Å². The summed E-state index contributed by atoms with van der Waals surface area (Å²) in [6.45, 7) is 2.16. The van der Waals surface area contributed by atoms with Crippen LogP contribution in [0.25, 0.3) is 10.9 Å². The van der Waals surface area contributed by atoms with Crippen LogP contribution in [-0.2, 0) is 57.6 Å². The lowest BCUT2D eigenvalue weighted by atomic mass is 10.0. The van der Waals surface area contributed by atoms with E-state index in [2.05, 4.69) is 53.4 Å². The summed E-state index contributed by atoms with van der Waals surface area (Å²) >= 11 is 0. The van der Waals surface area contributed by atoms with Crippen LogP contribution in [0.15, 0.2) is 91.1 Å². The summed E-state index contributed by atoms with van der Waals surface area (Å²) in [7, 11) is 1.98. The number of carbonyl (C=O) groups excluding carboxylic acids is 8. The van der Waals surface area contributed by atoms with E-state index in [1.54, 1.807) is 66.9 Å². The molecule has 414 valence electrons. The van der Waals surface area contributed by atoms with E-state index in [9.17, 15) is 53.7 Å². The van der Waals surface area contributed by atoms with E-state index in [1.807, 2.05) is 24.3 Å². The molecule has 1 aromatic heterocycles. The Hall–Kier alpha value is -6.94. The molecule has 0 bridgehead atoms. The number of nitrogens with one attached hydrogen (secondary N) is 9. The molecule has 23 heteroatoms. The van der Waals surface area contributed by atoms with E-state index < -0.39 is 114 Å². The van der Waals surface area contributed by atoms with Gasteiger partial charge in [-0.3, -0.25) is 38.4 Å². The number of terminal acetylenes is 1. The number of hydrogen-bond donors (Lipinski definition) is 13. The first-order valence-electron chi connectivity index (χ1n) is 25.4. The van der Waals surface area contributed by atoms with Crippen molar-refractivity contribution in [3.8, 4) is 12.3 Å². The van der Waals surface area contributed by atoms with E-state index in [0.29, 0.717) is 29.5 Å². The van der Waals surface area contributed by atoms with E-state index in [-0.39, 0.29) is 56.6 Å². The summed E-state index contributed by atoms with van der Waals surface area (Å²) < 4.78 is 0. The van der Waals surface area contributed by atoms with Gasteiger partial charge < -0.3 is 68.6 Å². The summed E-state index contributed by atoms with van der Waals surface area (Å²) in [5.74, 6) is -4.54. The second-order valence-electron chi connectivity index (χ2n) is 18.7. The highest BCUT2D eigenvalue weighted by Gasteiger charge is 2.37. The fourth-order valence-corrected chi connectivity index (χ4v) is 10.6. The summed E-state index contributed by atoms with van der Waals surface area (Å²) in [5, 5.41) is 53.4. The number of H-pyrrole nitrogens is 1. The minimum absolute atomic E-state index is 0.0120. The first-order chi connectivity index (χ1) is 37.0. The summed E-state index contributed by atoms with van der Waals surface area (Å²) in [6, 6.07) is 13.8. The lowest BCUT2D eigenvalue weighted by Crippen LogP contribution is -2.62.